The van der Waals surface area contributed by atoms with E-state index >= 15 is 0 Å². The summed E-state index contributed by atoms with van der Waals surface area (Å²) in [6.07, 6.45) is 0.593. The van der Waals surface area contributed by atoms with E-state index < -0.39 is 17.7 Å². The van der Waals surface area contributed by atoms with Gasteiger partial charge in [-0.05, 0) is 24.5 Å². The maximum absolute atomic E-state index is 13.6. The van der Waals surface area contributed by atoms with Crippen molar-refractivity contribution < 1.29 is 13.9 Å². The lowest BCUT2D eigenvalue weighted by molar-refractivity contribution is 0.259. The van der Waals surface area contributed by atoms with Crippen LogP contribution in [-0.4, -0.2) is 17.8 Å². The van der Waals surface area contributed by atoms with Crippen molar-refractivity contribution in [2.75, 3.05) is 11.9 Å². The second kappa shape index (κ2) is 6.31. The molecule has 0 amide bonds. The van der Waals surface area contributed by atoms with Gasteiger partial charge in [0.05, 0.1) is 18.2 Å². The summed E-state index contributed by atoms with van der Waals surface area (Å²) in [5, 5.41) is 20.4. The first-order valence-electron chi connectivity index (χ1n) is 5.74. The number of hydrogen-bond acceptors (Lipinski definition) is 3. The zero-order valence-electron chi connectivity index (χ0n) is 10.4. The van der Waals surface area contributed by atoms with Gasteiger partial charge in [0, 0.05) is 6.04 Å². The van der Waals surface area contributed by atoms with Crippen molar-refractivity contribution in [3.63, 3.8) is 0 Å². The Morgan fingerprint density at radius 1 is 1.33 bits per heavy atom. The first kappa shape index (κ1) is 14.4. The number of rotatable bonds is 5. The van der Waals surface area contributed by atoms with E-state index in [4.69, 9.17) is 10.4 Å². The molecule has 0 aliphatic carbocycles. The van der Waals surface area contributed by atoms with Gasteiger partial charge in [0.15, 0.2) is 11.6 Å². The average Bonchev–Trinajstić information content (AvgIpc) is 2.31. The standard InChI is InChI=1S/C13H16F2N2O/c1-8(2)3-10(7-18)17-13-11(14)4-9(6-16)5-12(13)15/h4-5,8,10,17-18H,3,7H2,1-2H3. The van der Waals surface area contributed by atoms with Crippen molar-refractivity contribution in [2.24, 2.45) is 5.92 Å². The minimum absolute atomic E-state index is 0.0695. The molecule has 18 heavy (non-hydrogen) atoms. The number of nitrogens with zero attached hydrogens (tertiary/aromatic N) is 1. The highest BCUT2D eigenvalue weighted by atomic mass is 19.1. The van der Waals surface area contributed by atoms with E-state index in [9.17, 15) is 8.78 Å². The summed E-state index contributed by atoms with van der Waals surface area (Å²) >= 11 is 0. The first-order valence-corrected chi connectivity index (χ1v) is 5.74. The van der Waals surface area contributed by atoms with Crippen molar-refractivity contribution in [2.45, 2.75) is 26.3 Å². The van der Waals surface area contributed by atoms with Gasteiger partial charge in [-0.1, -0.05) is 13.8 Å². The number of hydrogen-bond donors (Lipinski definition) is 2. The molecule has 5 heteroatoms. The number of anilines is 1. The Morgan fingerprint density at radius 3 is 2.28 bits per heavy atom. The normalized spacial score (nSPS) is 12.3. The lowest BCUT2D eigenvalue weighted by Gasteiger charge is -2.20. The summed E-state index contributed by atoms with van der Waals surface area (Å²) in [5.41, 5.74) is -0.367. The molecular weight excluding hydrogens is 238 g/mol. The maximum atomic E-state index is 13.6. The summed E-state index contributed by atoms with van der Waals surface area (Å²) in [7, 11) is 0. The van der Waals surface area contributed by atoms with Crippen LogP contribution in [0.3, 0.4) is 0 Å². The Bertz CT molecular complexity index is 432. The lowest BCUT2D eigenvalue weighted by atomic mass is 10.0. The van der Waals surface area contributed by atoms with Crippen LogP contribution in [0.5, 0.6) is 0 Å². The third-order valence-corrected chi connectivity index (χ3v) is 2.50. The smallest absolute Gasteiger partial charge is 0.150 e. The van der Waals surface area contributed by atoms with Crippen LogP contribution in [0.2, 0.25) is 0 Å². The molecular formula is C13H16F2N2O. The SMILES string of the molecule is CC(C)CC(CO)Nc1c(F)cc(C#N)cc1F. The number of aliphatic hydroxyl groups excluding tert-OH is 1. The second-order valence-electron chi connectivity index (χ2n) is 4.58. The van der Waals surface area contributed by atoms with E-state index in [2.05, 4.69) is 5.32 Å². The van der Waals surface area contributed by atoms with Crippen molar-refractivity contribution in [1.29, 1.82) is 5.26 Å². The molecule has 1 aromatic rings. The van der Waals surface area contributed by atoms with Crippen LogP contribution in [0.4, 0.5) is 14.5 Å². The molecule has 0 aliphatic rings. The lowest BCUT2D eigenvalue weighted by Crippen LogP contribution is -2.26. The molecule has 3 nitrogen and oxygen atoms in total. The first-order chi connectivity index (χ1) is 8.47. The van der Waals surface area contributed by atoms with Crippen molar-refractivity contribution in [3.05, 3.63) is 29.3 Å². The van der Waals surface area contributed by atoms with Gasteiger partial charge in [0.2, 0.25) is 0 Å². The molecule has 1 rings (SSSR count). The Hall–Kier alpha value is -1.67. The Labute approximate surface area is 105 Å². The summed E-state index contributed by atoms with van der Waals surface area (Å²) in [6.45, 7) is 3.70. The van der Waals surface area contributed by atoms with Gasteiger partial charge in [0.25, 0.3) is 0 Å². The molecule has 0 aliphatic heterocycles. The zero-order chi connectivity index (χ0) is 13.7. The number of halogens is 2. The van der Waals surface area contributed by atoms with Crippen LogP contribution < -0.4 is 5.32 Å². The minimum Gasteiger partial charge on any atom is -0.394 e. The summed E-state index contributed by atoms with van der Waals surface area (Å²) in [5.74, 6) is -1.36. The maximum Gasteiger partial charge on any atom is 0.150 e. The van der Waals surface area contributed by atoms with Gasteiger partial charge in [-0.25, -0.2) is 8.78 Å². The third-order valence-electron chi connectivity index (χ3n) is 2.50. The van der Waals surface area contributed by atoms with E-state index in [1.54, 1.807) is 6.07 Å². The van der Waals surface area contributed by atoms with Crippen molar-refractivity contribution in [1.82, 2.24) is 0 Å². The zero-order valence-corrected chi connectivity index (χ0v) is 10.4. The fraction of sp³-hybridized carbons (Fsp3) is 0.462. The predicted molar refractivity (Wildman–Crippen MR) is 65.0 cm³/mol. The van der Waals surface area contributed by atoms with E-state index in [0.29, 0.717) is 12.3 Å². The third kappa shape index (κ3) is 3.67. The average molecular weight is 254 g/mol. The summed E-state index contributed by atoms with van der Waals surface area (Å²) < 4.78 is 27.2. The van der Waals surface area contributed by atoms with E-state index in [1.165, 1.54) is 0 Å². The fourth-order valence-electron chi connectivity index (χ4n) is 1.73. The van der Waals surface area contributed by atoms with Crippen molar-refractivity contribution >= 4 is 5.69 Å². The van der Waals surface area contributed by atoms with Crippen LogP contribution in [-0.2, 0) is 0 Å². The molecule has 1 aromatic carbocycles. The molecule has 0 saturated carbocycles. The molecule has 0 fully saturated rings. The Balaban J connectivity index is 2.93. The van der Waals surface area contributed by atoms with Gasteiger partial charge in [0.1, 0.15) is 5.69 Å². The monoisotopic (exact) mass is 254 g/mol. The van der Waals surface area contributed by atoms with Crippen LogP contribution in [0, 0.1) is 28.9 Å². The number of nitrogens with one attached hydrogen (secondary N) is 1. The highest BCUT2D eigenvalue weighted by molar-refractivity contribution is 5.51. The van der Waals surface area contributed by atoms with Crippen LogP contribution >= 0.6 is 0 Å². The molecule has 1 unspecified atom stereocenters. The van der Waals surface area contributed by atoms with E-state index in [1.807, 2.05) is 13.8 Å². The molecule has 98 valence electrons. The quantitative estimate of drug-likeness (QED) is 0.849. The topological polar surface area (TPSA) is 56.0 Å². The Kier molecular flexibility index (Phi) is 5.05. The molecule has 0 saturated heterocycles. The number of aliphatic hydroxyl groups is 1. The summed E-state index contributed by atoms with van der Waals surface area (Å²) in [6, 6.07) is 3.20. The fourth-order valence-corrected chi connectivity index (χ4v) is 1.73. The van der Waals surface area contributed by atoms with Crippen LogP contribution in [0.15, 0.2) is 12.1 Å². The molecule has 0 heterocycles. The molecule has 0 bridgehead atoms. The van der Waals surface area contributed by atoms with Crippen LogP contribution in [0.1, 0.15) is 25.8 Å². The van der Waals surface area contributed by atoms with E-state index in [-0.39, 0.29) is 17.9 Å². The number of nitriles is 1. The van der Waals surface area contributed by atoms with Gasteiger partial charge in [-0.3, -0.25) is 0 Å². The number of benzene rings is 1. The highest BCUT2D eigenvalue weighted by Crippen LogP contribution is 2.22. The molecule has 2 N–H and O–H groups in total. The summed E-state index contributed by atoms with van der Waals surface area (Å²) in [4.78, 5) is 0. The Morgan fingerprint density at radius 2 is 1.89 bits per heavy atom. The van der Waals surface area contributed by atoms with E-state index in [0.717, 1.165) is 12.1 Å². The van der Waals surface area contributed by atoms with Gasteiger partial charge >= 0.3 is 0 Å². The van der Waals surface area contributed by atoms with Gasteiger partial charge in [-0.2, -0.15) is 5.26 Å². The van der Waals surface area contributed by atoms with Gasteiger partial charge in [-0.15, -0.1) is 0 Å². The van der Waals surface area contributed by atoms with Crippen molar-refractivity contribution in [3.8, 4) is 6.07 Å². The predicted octanol–water partition coefficient (Wildman–Crippen LogP) is 2.66. The molecule has 0 radical (unpaired) electrons. The van der Waals surface area contributed by atoms with Crippen LogP contribution in [0.25, 0.3) is 0 Å². The largest absolute Gasteiger partial charge is 0.394 e. The molecule has 0 spiro atoms. The van der Waals surface area contributed by atoms with Gasteiger partial charge < -0.3 is 10.4 Å². The molecule has 1 atom stereocenters. The second-order valence-corrected chi connectivity index (χ2v) is 4.58. The minimum atomic E-state index is -0.825. The highest BCUT2D eigenvalue weighted by Gasteiger charge is 2.16. The molecule has 0 aromatic heterocycles.